The highest BCUT2D eigenvalue weighted by Crippen LogP contribution is 2.52. The summed E-state index contributed by atoms with van der Waals surface area (Å²) in [6.07, 6.45) is 5.76. The Labute approximate surface area is 180 Å². The predicted octanol–water partition coefficient (Wildman–Crippen LogP) is 6.16. The molecule has 0 bridgehead atoms. The maximum absolute atomic E-state index is 11.2. The number of ether oxygens (including phenoxy) is 2. The monoisotopic (exact) mass is 406 g/mol. The van der Waals surface area contributed by atoms with Crippen LogP contribution in [0.5, 0.6) is 17.2 Å². The van der Waals surface area contributed by atoms with Crippen molar-refractivity contribution in [1.82, 2.24) is 0 Å². The number of benzene rings is 2. The summed E-state index contributed by atoms with van der Waals surface area (Å²) < 4.78 is 13.2. The van der Waals surface area contributed by atoms with Crippen molar-refractivity contribution in [1.29, 1.82) is 0 Å². The fourth-order valence-corrected chi connectivity index (χ4v) is 5.71. The zero-order chi connectivity index (χ0) is 21.4. The van der Waals surface area contributed by atoms with E-state index in [4.69, 9.17) is 9.47 Å². The fraction of sp³-hybridized carbons (Fsp3) is 0.556. The molecule has 0 amide bonds. The predicted molar refractivity (Wildman–Crippen MR) is 120 cm³/mol. The van der Waals surface area contributed by atoms with E-state index in [2.05, 4.69) is 46.8 Å². The second kappa shape index (κ2) is 6.42. The third kappa shape index (κ3) is 2.92. The number of hydrogen-bond acceptors (Lipinski definition) is 3. The molecule has 2 aliphatic heterocycles. The number of rotatable bonds is 0. The lowest BCUT2D eigenvalue weighted by molar-refractivity contribution is 0.0810. The molecule has 30 heavy (non-hydrogen) atoms. The van der Waals surface area contributed by atoms with Crippen LogP contribution in [-0.2, 0) is 25.7 Å². The summed E-state index contributed by atoms with van der Waals surface area (Å²) in [6, 6.07) is 4.55. The first-order valence-corrected chi connectivity index (χ1v) is 11.5. The van der Waals surface area contributed by atoms with Crippen molar-refractivity contribution in [2.75, 3.05) is 0 Å². The molecule has 3 aliphatic rings. The van der Waals surface area contributed by atoms with Gasteiger partial charge in [0, 0.05) is 28.2 Å². The number of fused-ring (bicyclic) bond motifs is 6. The fourth-order valence-electron chi connectivity index (χ4n) is 5.71. The molecule has 160 valence electrons. The summed E-state index contributed by atoms with van der Waals surface area (Å²) in [5.74, 6) is 2.69. The lowest BCUT2D eigenvalue weighted by atomic mass is 9.80. The highest BCUT2D eigenvalue weighted by atomic mass is 16.5. The van der Waals surface area contributed by atoms with Gasteiger partial charge < -0.3 is 14.6 Å². The highest BCUT2D eigenvalue weighted by molar-refractivity contribution is 5.65. The van der Waals surface area contributed by atoms with Crippen LogP contribution >= 0.6 is 0 Å². The molecular formula is C27H34O3. The maximum atomic E-state index is 11.2. The lowest BCUT2D eigenvalue weighted by Crippen LogP contribution is -2.34. The molecule has 2 aromatic carbocycles. The Morgan fingerprint density at radius 3 is 2.17 bits per heavy atom. The number of aryl methyl sites for hydroxylation is 2. The first-order chi connectivity index (χ1) is 14.1. The van der Waals surface area contributed by atoms with E-state index in [0.29, 0.717) is 5.75 Å². The number of phenols is 1. The topological polar surface area (TPSA) is 38.7 Å². The summed E-state index contributed by atoms with van der Waals surface area (Å²) in [5, 5.41) is 11.2. The van der Waals surface area contributed by atoms with E-state index in [-0.39, 0.29) is 17.1 Å². The van der Waals surface area contributed by atoms with E-state index in [1.165, 1.54) is 27.8 Å². The molecule has 0 aromatic heterocycles. The van der Waals surface area contributed by atoms with Gasteiger partial charge in [-0.2, -0.15) is 0 Å². The highest BCUT2D eigenvalue weighted by Gasteiger charge is 2.38. The van der Waals surface area contributed by atoms with Crippen LogP contribution in [0.4, 0.5) is 0 Å². The quantitative estimate of drug-likeness (QED) is 0.569. The van der Waals surface area contributed by atoms with Crippen LogP contribution in [0.3, 0.4) is 0 Å². The molecule has 5 rings (SSSR count). The van der Waals surface area contributed by atoms with Crippen molar-refractivity contribution < 1.29 is 14.6 Å². The maximum Gasteiger partial charge on any atom is 0.127 e. The zero-order valence-corrected chi connectivity index (χ0v) is 19.2. The molecule has 2 heterocycles. The van der Waals surface area contributed by atoms with E-state index >= 15 is 0 Å². The molecule has 1 unspecified atom stereocenters. The zero-order valence-electron chi connectivity index (χ0n) is 19.2. The van der Waals surface area contributed by atoms with Gasteiger partial charge in [0.2, 0.25) is 0 Å². The molecule has 1 N–H and O–H groups in total. The third-order valence-electron chi connectivity index (χ3n) is 7.55. The van der Waals surface area contributed by atoms with E-state index < -0.39 is 0 Å². The first kappa shape index (κ1) is 19.8. The molecule has 3 heteroatoms. The molecule has 0 saturated carbocycles. The molecule has 2 aromatic rings. The number of phenolic OH excluding ortho intramolecular Hbond substituents is 1. The second-order valence-corrected chi connectivity index (χ2v) is 10.7. The summed E-state index contributed by atoms with van der Waals surface area (Å²) in [4.78, 5) is 0. The molecule has 1 atom stereocenters. The number of aromatic hydroxyl groups is 1. The van der Waals surface area contributed by atoms with Gasteiger partial charge in [-0.25, -0.2) is 0 Å². The molecule has 3 nitrogen and oxygen atoms in total. The van der Waals surface area contributed by atoms with Crippen molar-refractivity contribution in [3.8, 4) is 17.2 Å². The third-order valence-corrected chi connectivity index (χ3v) is 7.55. The van der Waals surface area contributed by atoms with Crippen molar-refractivity contribution in [3.05, 3.63) is 51.1 Å². The van der Waals surface area contributed by atoms with Gasteiger partial charge in [-0.05, 0) is 89.8 Å². The Hall–Kier alpha value is -2.16. The van der Waals surface area contributed by atoms with Crippen LogP contribution in [0.1, 0.15) is 92.3 Å². The van der Waals surface area contributed by atoms with Crippen molar-refractivity contribution >= 4 is 0 Å². The van der Waals surface area contributed by atoms with E-state index in [9.17, 15) is 5.11 Å². The Morgan fingerprint density at radius 2 is 1.43 bits per heavy atom. The average Bonchev–Trinajstić information content (AvgIpc) is 2.81. The van der Waals surface area contributed by atoms with Crippen LogP contribution in [0.2, 0.25) is 0 Å². The standard InChI is InChI=1S/C27H34O3/c1-15-19-12-14-27(5,6)30-25(19)22-16(2)21-17(9-10-20(22)23(15)28)7-8-18-11-13-26(3,4)29-24(18)21/h7-8,16,28H,9-14H2,1-6H3. The first-order valence-electron chi connectivity index (χ1n) is 11.5. The average molecular weight is 407 g/mol. The van der Waals surface area contributed by atoms with E-state index in [1.807, 2.05) is 6.92 Å². The van der Waals surface area contributed by atoms with Crippen LogP contribution < -0.4 is 9.47 Å². The Balaban J connectivity index is 1.76. The minimum atomic E-state index is -0.187. The molecule has 1 aliphatic carbocycles. The van der Waals surface area contributed by atoms with Crippen molar-refractivity contribution in [3.63, 3.8) is 0 Å². The molecule has 0 fully saturated rings. The van der Waals surface area contributed by atoms with Gasteiger partial charge in [0.05, 0.1) is 0 Å². The van der Waals surface area contributed by atoms with Gasteiger partial charge in [-0.1, -0.05) is 19.1 Å². The van der Waals surface area contributed by atoms with Gasteiger partial charge in [0.25, 0.3) is 0 Å². The molecular weight excluding hydrogens is 372 g/mol. The van der Waals surface area contributed by atoms with Gasteiger partial charge in [0.1, 0.15) is 28.5 Å². The van der Waals surface area contributed by atoms with Gasteiger partial charge in [-0.3, -0.25) is 0 Å². The lowest BCUT2D eigenvalue weighted by Gasteiger charge is -2.38. The minimum absolute atomic E-state index is 0.121. The largest absolute Gasteiger partial charge is 0.507 e. The van der Waals surface area contributed by atoms with Gasteiger partial charge >= 0.3 is 0 Å². The smallest absolute Gasteiger partial charge is 0.127 e. The second-order valence-electron chi connectivity index (χ2n) is 10.7. The van der Waals surface area contributed by atoms with Crippen molar-refractivity contribution in [2.45, 2.75) is 97.2 Å². The molecule has 0 radical (unpaired) electrons. The molecule has 0 spiro atoms. The van der Waals surface area contributed by atoms with Crippen molar-refractivity contribution in [2.24, 2.45) is 0 Å². The summed E-state index contributed by atoms with van der Waals surface area (Å²) in [6.45, 7) is 13.0. The van der Waals surface area contributed by atoms with Crippen LogP contribution in [0, 0.1) is 6.92 Å². The van der Waals surface area contributed by atoms with Gasteiger partial charge in [0.15, 0.2) is 0 Å². The SMILES string of the molecule is Cc1c(O)c2c(c3c1CCC(C)(C)O3)C(C)c1c(ccc3c1OC(C)(C)CC3)CC2. The number of hydrogen-bond donors (Lipinski definition) is 1. The molecule has 0 saturated heterocycles. The van der Waals surface area contributed by atoms with Crippen LogP contribution in [-0.4, -0.2) is 16.3 Å². The summed E-state index contributed by atoms with van der Waals surface area (Å²) >= 11 is 0. The Kier molecular flexibility index (Phi) is 4.23. The van der Waals surface area contributed by atoms with Crippen LogP contribution in [0.25, 0.3) is 0 Å². The summed E-state index contributed by atoms with van der Waals surface area (Å²) in [7, 11) is 0. The Morgan fingerprint density at radius 1 is 0.800 bits per heavy atom. The summed E-state index contributed by atoms with van der Waals surface area (Å²) in [5.41, 5.74) is 8.06. The van der Waals surface area contributed by atoms with Gasteiger partial charge in [-0.15, -0.1) is 0 Å². The Bertz CT molecular complexity index is 1050. The van der Waals surface area contributed by atoms with E-state index in [1.54, 1.807) is 0 Å². The van der Waals surface area contributed by atoms with Crippen LogP contribution in [0.15, 0.2) is 12.1 Å². The minimum Gasteiger partial charge on any atom is -0.507 e. The van der Waals surface area contributed by atoms with E-state index in [0.717, 1.165) is 61.2 Å². The normalized spacial score (nSPS) is 23.1.